The second kappa shape index (κ2) is 8.96. The molecule has 0 atom stereocenters. The Labute approximate surface area is 189 Å². The topological polar surface area (TPSA) is 108 Å². The zero-order chi connectivity index (χ0) is 23.5. The highest BCUT2D eigenvalue weighted by atomic mass is 16.6. The third-order valence-corrected chi connectivity index (χ3v) is 5.22. The van der Waals surface area contributed by atoms with Crippen LogP contribution < -0.4 is 10.1 Å². The van der Waals surface area contributed by atoms with Gasteiger partial charge in [-0.3, -0.25) is 14.9 Å². The monoisotopic (exact) mass is 443 g/mol. The van der Waals surface area contributed by atoms with Crippen LogP contribution in [0.5, 0.6) is 5.75 Å². The Morgan fingerprint density at radius 2 is 1.91 bits per heavy atom. The van der Waals surface area contributed by atoms with Gasteiger partial charge in [-0.25, -0.2) is 4.98 Å². The number of nitrogens with one attached hydrogen (secondary N) is 1. The lowest BCUT2D eigenvalue weighted by Crippen LogP contribution is -2.09. The Balaban J connectivity index is 1.59. The van der Waals surface area contributed by atoms with Crippen LogP contribution in [0.4, 0.5) is 11.4 Å². The van der Waals surface area contributed by atoms with E-state index in [1.54, 1.807) is 30.3 Å². The zero-order valence-electron chi connectivity index (χ0n) is 18.3. The minimum Gasteiger partial charge on any atom is -0.495 e. The summed E-state index contributed by atoms with van der Waals surface area (Å²) in [6.07, 6.45) is 2.81. The third-order valence-electron chi connectivity index (χ3n) is 5.22. The highest BCUT2D eigenvalue weighted by Crippen LogP contribution is 2.32. The SMILES string of the molecule is COc1ccc(-c2nc3cc(C)c(C)cc3o2)cc1NC(=O)C=Cc1cccc([N+](=O)[O-])c1. The molecule has 0 aliphatic carbocycles. The average Bonchev–Trinajstić information content (AvgIpc) is 3.20. The molecule has 1 heterocycles. The number of carbonyl (C=O) groups is 1. The van der Waals surface area contributed by atoms with Crippen LogP contribution in [0.25, 0.3) is 28.6 Å². The fourth-order valence-electron chi connectivity index (χ4n) is 3.33. The van der Waals surface area contributed by atoms with Crippen LogP contribution in [0.1, 0.15) is 16.7 Å². The molecule has 8 heteroatoms. The molecule has 1 N–H and O–H groups in total. The van der Waals surface area contributed by atoms with E-state index in [4.69, 9.17) is 9.15 Å². The number of non-ortho nitro benzene ring substituents is 1. The second-order valence-electron chi connectivity index (χ2n) is 7.51. The third kappa shape index (κ3) is 4.74. The first-order valence-electron chi connectivity index (χ1n) is 10.1. The molecule has 4 rings (SSSR count). The number of aromatic nitrogens is 1. The number of oxazole rings is 1. The Kier molecular flexibility index (Phi) is 5.91. The molecular formula is C25H21N3O5. The van der Waals surface area contributed by atoms with Crippen LogP contribution in [0.2, 0.25) is 0 Å². The van der Waals surface area contributed by atoms with E-state index >= 15 is 0 Å². The molecule has 33 heavy (non-hydrogen) atoms. The molecular weight excluding hydrogens is 422 g/mol. The van der Waals surface area contributed by atoms with E-state index in [9.17, 15) is 14.9 Å². The molecule has 0 radical (unpaired) electrons. The van der Waals surface area contributed by atoms with Gasteiger partial charge in [0.2, 0.25) is 11.8 Å². The molecule has 3 aromatic carbocycles. The van der Waals surface area contributed by atoms with Gasteiger partial charge in [-0.2, -0.15) is 0 Å². The van der Waals surface area contributed by atoms with E-state index in [-0.39, 0.29) is 5.69 Å². The van der Waals surface area contributed by atoms with E-state index in [1.807, 2.05) is 26.0 Å². The van der Waals surface area contributed by atoms with E-state index in [0.717, 1.165) is 16.6 Å². The predicted octanol–water partition coefficient (Wildman–Crippen LogP) is 5.68. The minimum absolute atomic E-state index is 0.0457. The number of aryl methyl sites for hydroxylation is 2. The summed E-state index contributed by atoms with van der Waals surface area (Å²) in [4.78, 5) is 27.5. The van der Waals surface area contributed by atoms with Crippen molar-refractivity contribution in [3.8, 4) is 17.2 Å². The van der Waals surface area contributed by atoms with Crippen molar-refractivity contribution in [2.75, 3.05) is 12.4 Å². The first-order valence-corrected chi connectivity index (χ1v) is 10.1. The van der Waals surface area contributed by atoms with Crippen molar-refractivity contribution in [1.29, 1.82) is 0 Å². The summed E-state index contributed by atoms with van der Waals surface area (Å²) in [6.45, 7) is 4.03. The molecule has 166 valence electrons. The number of hydrogen-bond donors (Lipinski definition) is 1. The molecule has 1 amide bonds. The molecule has 0 spiro atoms. The fourth-order valence-corrected chi connectivity index (χ4v) is 3.33. The molecule has 4 aromatic rings. The summed E-state index contributed by atoms with van der Waals surface area (Å²) in [5.41, 5.74) is 5.30. The lowest BCUT2D eigenvalue weighted by atomic mass is 10.1. The number of benzene rings is 3. The number of rotatable bonds is 6. The van der Waals surface area contributed by atoms with E-state index in [1.165, 1.54) is 31.4 Å². The molecule has 8 nitrogen and oxygen atoms in total. The minimum atomic E-state index is -0.484. The fraction of sp³-hybridized carbons (Fsp3) is 0.120. The summed E-state index contributed by atoms with van der Waals surface area (Å²) >= 11 is 0. The van der Waals surface area contributed by atoms with Crippen LogP contribution in [0, 0.1) is 24.0 Å². The number of anilines is 1. The molecule has 0 aliphatic heterocycles. The van der Waals surface area contributed by atoms with Gasteiger partial charge < -0.3 is 14.5 Å². The van der Waals surface area contributed by atoms with E-state index < -0.39 is 10.8 Å². The Morgan fingerprint density at radius 3 is 2.67 bits per heavy atom. The van der Waals surface area contributed by atoms with Crippen molar-refractivity contribution in [1.82, 2.24) is 4.98 Å². The maximum absolute atomic E-state index is 12.5. The zero-order valence-corrected chi connectivity index (χ0v) is 18.3. The van der Waals surface area contributed by atoms with Crippen molar-refractivity contribution in [2.45, 2.75) is 13.8 Å². The van der Waals surface area contributed by atoms with Gasteiger partial charge in [0.1, 0.15) is 11.3 Å². The average molecular weight is 443 g/mol. The summed E-state index contributed by atoms with van der Waals surface area (Å²) in [6, 6.07) is 15.2. The Morgan fingerprint density at radius 1 is 1.12 bits per heavy atom. The van der Waals surface area contributed by atoms with Gasteiger partial charge in [0.05, 0.1) is 17.7 Å². The van der Waals surface area contributed by atoms with Gasteiger partial charge in [-0.1, -0.05) is 12.1 Å². The van der Waals surface area contributed by atoms with Gasteiger partial charge in [0, 0.05) is 23.8 Å². The number of nitro groups is 1. The number of nitro benzene ring substituents is 1. The largest absolute Gasteiger partial charge is 0.495 e. The smallest absolute Gasteiger partial charge is 0.270 e. The van der Waals surface area contributed by atoms with Gasteiger partial charge in [0.25, 0.3) is 5.69 Å². The second-order valence-corrected chi connectivity index (χ2v) is 7.51. The van der Waals surface area contributed by atoms with Crippen molar-refractivity contribution in [2.24, 2.45) is 0 Å². The molecule has 0 bridgehead atoms. The molecule has 0 unspecified atom stereocenters. The maximum Gasteiger partial charge on any atom is 0.270 e. The normalized spacial score (nSPS) is 11.1. The molecule has 0 aliphatic rings. The van der Waals surface area contributed by atoms with E-state index in [2.05, 4.69) is 10.3 Å². The first-order chi connectivity index (χ1) is 15.8. The number of carbonyl (C=O) groups excluding carboxylic acids is 1. The van der Waals surface area contributed by atoms with Gasteiger partial charge in [-0.15, -0.1) is 0 Å². The van der Waals surface area contributed by atoms with Crippen LogP contribution in [-0.2, 0) is 4.79 Å². The van der Waals surface area contributed by atoms with Crippen LogP contribution in [0.15, 0.2) is 65.1 Å². The molecule has 0 saturated heterocycles. The number of nitrogens with zero attached hydrogens (tertiary/aromatic N) is 2. The predicted molar refractivity (Wildman–Crippen MR) is 126 cm³/mol. The van der Waals surface area contributed by atoms with Crippen LogP contribution in [0.3, 0.4) is 0 Å². The first kappa shape index (κ1) is 21.8. The highest BCUT2D eigenvalue weighted by Gasteiger charge is 2.14. The van der Waals surface area contributed by atoms with Crippen molar-refractivity contribution in [3.63, 3.8) is 0 Å². The highest BCUT2D eigenvalue weighted by molar-refractivity contribution is 6.03. The summed E-state index contributed by atoms with van der Waals surface area (Å²) in [5.74, 6) is 0.486. The number of ether oxygens (including phenoxy) is 1. The Bertz CT molecular complexity index is 1370. The number of fused-ring (bicyclic) bond motifs is 1. The molecule has 1 aromatic heterocycles. The van der Waals surface area contributed by atoms with E-state index in [0.29, 0.717) is 34.0 Å². The lowest BCUT2D eigenvalue weighted by molar-refractivity contribution is -0.384. The van der Waals surface area contributed by atoms with Crippen molar-refractivity contribution in [3.05, 3.63) is 87.5 Å². The van der Waals surface area contributed by atoms with Crippen molar-refractivity contribution >= 4 is 34.5 Å². The van der Waals surface area contributed by atoms with Gasteiger partial charge in [0.15, 0.2) is 5.58 Å². The summed E-state index contributed by atoms with van der Waals surface area (Å²) < 4.78 is 11.3. The van der Waals surface area contributed by atoms with Crippen LogP contribution in [-0.4, -0.2) is 22.9 Å². The number of hydrogen-bond acceptors (Lipinski definition) is 6. The quantitative estimate of drug-likeness (QED) is 0.233. The standard InChI is InChI=1S/C25H21N3O5/c1-15-11-20-23(12-16(15)2)33-25(27-20)18-8-9-22(32-3)21(14-18)26-24(29)10-7-17-5-4-6-19(13-17)28(30)31/h4-14H,1-3H3,(H,26,29). The summed E-state index contributed by atoms with van der Waals surface area (Å²) in [7, 11) is 1.51. The van der Waals surface area contributed by atoms with Crippen molar-refractivity contribution < 1.29 is 18.9 Å². The number of methoxy groups -OCH3 is 1. The van der Waals surface area contributed by atoms with Crippen LogP contribution >= 0.6 is 0 Å². The molecule has 0 fully saturated rings. The summed E-state index contributed by atoms with van der Waals surface area (Å²) in [5, 5.41) is 13.7. The molecule has 0 saturated carbocycles. The maximum atomic E-state index is 12.5. The Hall–Kier alpha value is -4.46. The number of amides is 1. The van der Waals surface area contributed by atoms with Gasteiger partial charge in [-0.05, 0) is 66.9 Å². The van der Waals surface area contributed by atoms with Gasteiger partial charge >= 0.3 is 0 Å². The lowest BCUT2D eigenvalue weighted by Gasteiger charge is -2.10.